The number of nitrogens with one attached hydrogen (secondary N) is 2. The summed E-state index contributed by atoms with van der Waals surface area (Å²) in [6.07, 6.45) is 1.47. The Kier molecular flexibility index (Phi) is 7.02. The smallest absolute Gasteiger partial charge is 0.321 e. The molecule has 0 bridgehead atoms. The van der Waals surface area contributed by atoms with E-state index in [9.17, 15) is 9.59 Å². The third kappa shape index (κ3) is 5.88. The molecule has 0 unspecified atom stereocenters. The number of likely N-dealkylation sites (tertiary alicyclic amines) is 1. The molecule has 1 aliphatic rings. The summed E-state index contributed by atoms with van der Waals surface area (Å²) in [6, 6.07) is 26.5. The number of piperidine rings is 1. The van der Waals surface area contributed by atoms with E-state index in [1.165, 1.54) is 0 Å². The minimum atomic E-state index is -0.103. The molecule has 3 aromatic rings. The third-order valence-electron chi connectivity index (χ3n) is 5.51. The Hall–Kier alpha value is -3.80. The van der Waals surface area contributed by atoms with Crippen LogP contribution < -0.4 is 15.4 Å². The number of ether oxygens (including phenoxy) is 1. The van der Waals surface area contributed by atoms with Crippen molar-refractivity contribution in [3.05, 3.63) is 96.1 Å². The van der Waals surface area contributed by atoms with E-state index in [1.54, 1.807) is 4.90 Å². The van der Waals surface area contributed by atoms with Crippen LogP contribution in [0.25, 0.3) is 0 Å². The van der Waals surface area contributed by atoms with Crippen molar-refractivity contribution >= 4 is 17.6 Å². The Morgan fingerprint density at radius 3 is 2.12 bits per heavy atom. The maximum absolute atomic E-state index is 12.6. The van der Waals surface area contributed by atoms with E-state index in [0.717, 1.165) is 29.8 Å². The number of nitrogens with zero attached hydrogens (tertiary/aromatic N) is 1. The predicted octanol–water partition coefficient (Wildman–Crippen LogP) is 4.69. The van der Waals surface area contributed by atoms with Gasteiger partial charge >= 0.3 is 6.03 Å². The van der Waals surface area contributed by atoms with Crippen molar-refractivity contribution in [2.45, 2.75) is 25.5 Å². The summed E-state index contributed by atoms with van der Waals surface area (Å²) in [5, 5.41) is 6.00. The van der Waals surface area contributed by atoms with Gasteiger partial charge < -0.3 is 20.3 Å². The number of para-hydroxylation sites is 2. The molecule has 6 nitrogen and oxygen atoms in total. The average molecular weight is 430 g/mol. The average Bonchev–Trinajstić information content (AvgIpc) is 2.85. The summed E-state index contributed by atoms with van der Waals surface area (Å²) < 4.78 is 5.74. The first kappa shape index (κ1) is 21.4. The quantitative estimate of drug-likeness (QED) is 0.597. The van der Waals surface area contributed by atoms with Crippen LogP contribution in [0.3, 0.4) is 0 Å². The van der Waals surface area contributed by atoms with Crippen molar-refractivity contribution in [1.29, 1.82) is 0 Å². The van der Waals surface area contributed by atoms with Gasteiger partial charge in [0.05, 0.1) is 0 Å². The Morgan fingerprint density at radius 2 is 1.47 bits per heavy atom. The highest BCUT2D eigenvalue weighted by atomic mass is 16.5. The number of carbonyl (C=O) groups is 2. The highest BCUT2D eigenvalue weighted by molar-refractivity contribution is 5.94. The number of urea groups is 1. The van der Waals surface area contributed by atoms with Gasteiger partial charge in [-0.25, -0.2) is 4.79 Å². The summed E-state index contributed by atoms with van der Waals surface area (Å²) in [6.45, 7) is 1.67. The second-order valence-corrected chi connectivity index (χ2v) is 7.83. The zero-order valence-corrected chi connectivity index (χ0v) is 17.9. The highest BCUT2D eigenvalue weighted by Gasteiger charge is 2.24. The molecule has 1 aliphatic heterocycles. The van der Waals surface area contributed by atoms with E-state index < -0.39 is 0 Å². The largest absolute Gasteiger partial charge is 0.489 e. The van der Waals surface area contributed by atoms with Crippen LogP contribution in [0.1, 0.15) is 28.8 Å². The molecule has 164 valence electrons. The molecule has 0 spiro atoms. The molecule has 1 saturated heterocycles. The molecule has 1 fully saturated rings. The van der Waals surface area contributed by atoms with E-state index >= 15 is 0 Å². The lowest BCUT2D eigenvalue weighted by atomic mass is 10.0. The van der Waals surface area contributed by atoms with Crippen LogP contribution in [0, 0.1) is 0 Å². The van der Waals surface area contributed by atoms with Crippen LogP contribution >= 0.6 is 0 Å². The van der Waals surface area contributed by atoms with Crippen molar-refractivity contribution in [2.75, 3.05) is 18.4 Å². The van der Waals surface area contributed by atoms with Crippen molar-refractivity contribution < 1.29 is 14.3 Å². The Morgan fingerprint density at radius 1 is 0.844 bits per heavy atom. The van der Waals surface area contributed by atoms with Gasteiger partial charge in [0.1, 0.15) is 12.4 Å². The number of hydrogen-bond acceptors (Lipinski definition) is 3. The summed E-state index contributed by atoms with van der Waals surface area (Å²) >= 11 is 0. The SMILES string of the molecule is O=C(NC1CCN(C(=O)Nc2ccccc2)CC1)c1ccc(COc2ccccc2)cc1. The Balaban J connectivity index is 1.22. The van der Waals surface area contributed by atoms with E-state index in [0.29, 0.717) is 25.3 Å². The first-order chi connectivity index (χ1) is 15.7. The third-order valence-corrected chi connectivity index (χ3v) is 5.51. The summed E-state index contributed by atoms with van der Waals surface area (Å²) in [5.74, 6) is 0.728. The molecule has 3 amide bonds. The molecule has 0 radical (unpaired) electrons. The van der Waals surface area contributed by atoms with Crippen molar-refractivity contribution in [3.63, 3.8) is 0 Å². The van der Waals surface area contributed by atoms with Gasteiger partial charge in [0.15, 0.2) is 0 Å². The van der Waals surface area contributed by atoms with Crippen LogP contribution in [-0.2, 0) is 6.61 Å². The van der Waals surface area contributed by atoms with Crippen molar-refractivity contribution in [3.8, 4) is 5.75 Å². The molecule has 1 heterocycles. The van der Waals surface area contributed by atoms with E-state index in [1.807, 2.05) is 84.9 Å². The number of hydrogen-bond donors (Lipinski definition) is 2. The van der Waals surface area contributed by atoms with Gasteiger partial charge in [-0.1, -0.05) is 48.5 Å². The van der Waals surface area contributed by atoms with Crippen molar-refractivity contribution in [2.24, 2.45) is 0 Å². The lowest BCUT2D eigenvalue weighted by Crippen LogP contribution is -2.47. The lowest BCUT2D eigenvalue weighted by molar-refractivity contribution is 0.0919. The standard InChI is InChI=1S/C26H27N3O3/c30-25(21-13-11-20(12-14-21)19-32-24-9-5-2-6-10-24)27-23-15-17-29(18-16-23)26(31)28-22-7-3-1-4-8-22/h1-14,23H,15-19H2,(H,27,30)(H,28,31). The molecule has 32 heavy (non-hydrogen) atoms. The van der Waals surface area contributed by atoms with Gasteiger partial charge in [-0.15, -0.1) is 0 Å². The van der Waals surface area contributed by atoms with Gasteiger partial charge in [-0.2, -0.15) is 0 Å². The molecule has 0 saturated carbocycles. The highest BCUT2D eigenvalue weighted by Crippen LogP contribution is 2.15. The molecular formula is C26H27N3O3. The van der Waals surface area contributed by atoms with Gasteiger partial charge in [-0.3, -0.25) is 4.79 Å². The fourth-order valence-corrected chi connectivity index (χ4v) is 3.66. The minimum Gasteiger partial charge on any atom is -0.489 e. The van der Waals surface area contributed by atoms with Crippen LogP contribution in [0.15, 0.2) is 84.9 Å². The minimum absolute atomic E-state index is 0.0596. The molecular weight excluding hydrogens is 402 g/mol. The number of rotatable bonds is 6. The van der Waals surface area contributed by atoms with E-state index in [2.05, 4.69) is 10.6 Å². The van der Waals surface area contributed by atoms with Gasteiger partial charge in [0.2, 0.25) is 0 Å². The normalized spacial score (nSPS) is 13.9. The van der Waals surface area contributed by atoms with E-state index in [4.69, 9.17) is 4.74 Å². The second kappa shape index (κ2) is 10.5. The molecule has 0 atom stereocenters. The maximum atomic E-state index is 12.6. The molecule has 3 aromatic carbocycles. The zero-order valence-electron chi connectivity index (χ0n) is 17.9. The van der Waals surface area contributed by atoms with Crippen molar-refractivity contribution in [1.82, 2.24) is 10.2 Å². The van der Waals surface area contributed by atoms with Crippen LogP contribution in [0.4, 0.5) is 10.5 Å². The predicted molar refractivity (Wildman–Crippen MR) is 125 cm³/mol. The van der Waals surface area contributed by atoms with E-state index in [-0.39, 0.29) is 18.0 Å². The maximum Gasteiger partial charge on any atom is 0.321 e. The number of anilines is 1. The van der Waals surface area contributed by atoms with Gasteiger partial charge in [0.25, 0.3) is 5.91 Å². The number of carbonyl (C=O) groups excluding carboxylic acids is 2. The summed E-state index contributed by atoms with van der Waals surface area (Å²) in [4.78, 5) is 26.8. The summed E-state index contributed by atoms with van der Waals surface area (Å²) in [5.41, 5.74) is 2.41. The summed E-state index contributed by atoms with van der Waals surface area (Å²) in [7, 11) is 0. The number of amides is 3. The first-order valence-electron chi connectivity index (χ1n) is 10.9. The van der Waals surface area contributed by atoms with Crippen LogP contribution in [0.5, 0.6) is 5.75 Å². The van der Waals surface area contributed by atoms with Crippen LogP contribution in [0.2, 0.25) is 0 Å². The zero-order chi connectivity index (χ0) is 22.2. The topological polar surface area (TPSA) is 70.7 Å². The number of benzene rings is 3. The molecule has 2 N–H and O–H groups in total. The van der Waals surface area contributed by atoms with Gasteiger partial charge in [-0.05, 0) is 54.8 Å². The molecule has 0 aromatic heterocycles. The van der Waals surface area contributed by atoms with Crippen LogP contribution in [-0.4, -0.2) is 36.0 Å². The Bertz CT molecular complexity index is 1020. The molecule has 6 heteroatoms. The lowest BCUT2D eigenvalue weighted by Gasteiger charge is -2.32. The fraction of sp³-hybridized carbons (Fsp3) is 0.231. The molecule has 0 aliphatic carbocycles. The van der Waals surface area contributed by atoms with Gasteiger partial charge in [0, 0.05) is 30.4 Å². The molecule has 4 rings (SSSR count). The Labute approximate surface area is 188 Å². The second-order valence-electron chi connectivity index (χ2n) is 7.83. The monoisotopic (exact) mass is 429 g/mol. The first-order valence-corrected chi connectivity index (χ1v) is 10.9. The fourth-order valence-electron chi connectivity index (χ4n) is 3.66.